The molecule has 0 radical (unpaired) electrons. The Bertz CT molecular complexity index is 398. The lowest BCUT2D eigenvalue weighted by molar-refractivity contribution is -0.121. The average Bonchev–Trinajstić information content (AvgIpc) is 2.23. The van der Waals surface area contributed by atoms with Gasteiger partial charge in [-0.05, 0) is 13.8 Å². The monoisotopic (exact) mass is 247 g/mol. The van der Waals surface area contributed by atoms with E-state index in [0.29, 0.717) is 12.1 Å². The number of amides is 1. The first-order chi connectivity index (χ1) is 7.90. The number of hydrogen-bond donors (Lipinski definition) is 1. The highest BCUT2D eigenvalue weighted by molar-refractivity contribution is 5.91. The van der Waals surface area contributed by atoms with E-state index < -0.39 is 23.4 Å². The second kappa shape index (κ2) is 5.67. The molecule has 1 aromatic rings. The Balaban J connectivity index is 2.66. The SMILES string of the molecule is CC(C)OCC(=O)Nc1cc(F)c(F)c(F)c1. The van der Waals surface area contributed by atoms with Crippen LogP contribution in [0.5, 0.6) is 0 Å². The average molecular weight is 247 g/mol. The van der Waals surface area contributed by atoms with Crippen LogP contribution in [0.15, 0.2) is 12.1 Å². The first-order valence-electron chi connectivity index (χ1n) is 4.96. The molecule has 0 atom stereocenters. The molecular weight excluding hydrogens is 235 g/mol. The van der Waals surface area contributed by atoms with Crippen molar-refractivity contribution in [2.45, 2.75) is 20.0 Å². The zero-order valence-corrected chi connectivity index (χ0v) is 9.39. The van der Waals surface area contributed by atoms with Crippen molar-refractivity contribution >= 4 is 11.6 Å². The highest BCUT2D eigenvalue weighted by Gasteiger charge is 2.12. The maximum Gasteiger partial charge on any atom is 0.250 e. The van der Waals surface area contributed by atoms with Gasteiger partial charge in [0, 0.05) is 17.8 Å². The predicted molar refractivity (Wildman–Crippen MR) is 56.0 cm³/mol. The van der Waals surface area contributed by atoms with E-state index in [1.54, 1.807) is 13.8 Å². The van der Waals surface area contributed by atoms with Gasteiger partial charge in [0.25, 0.3) is 0 Å². The molecule has 0 saturated heterocycles. The first kappa shape index (κ1) is 13.5. The second-order valence-electron chi connectivity index (χ2n) is 3.66. The Labute approximate surface area is 96.6 Å². The number of benzene rings is 1. The van der Waals surface area contributed by atoms with Crippen molar-refractivity contribution in [1.29, 1.82) is 0 Å². The van der Waals surface area contributed by atoms with Gasteiger partial charge in [0.1, 0.15) is 6.61 Å². The topological polar surface area (TPSA) is 38.3 Å². The fourth-order valence-corrected chi connectivity index (χ4v) is 1.07. The van der Waals surface area contributed by atoms with Crippen LogP contribution in [0.4, 0.5) is 18.9 Å². The highest BCUT2D eigenvalue weighted by Crippen LogP contribution is 2.17. The third kappa shape index (κ3) is 4.07. The van der Waals surface area contributed by atoms with Gasteiger partial charge in [-0.25, -0.2) is 13.2 Å². The number of nitrogens with one attached hydrogen (secondary N) is 1. The summed E-state index contributed by atoms with van der Waals surface area (Å²) in [6.07, 6.45) is -0.137. The molecular formula is C11H12F3NO2. The van der Waals surface area contributed by atoms with Gasteiger partial charge in [-0.2, -0.15) is 0 Å². The molecule has 0 unspecified atom stereocenters. The van der Waals surface area contributed by atoms with Gasteiger partial charge in [-0.3, -0.25) is 4.79 Å². The first-order valence-corrected chi connectivity index (χ1v) is 4.96. The van der Waals surface area contributed by atoms with Crippen molar-refractivity contribution in [3.8, 4) is 0 Å². The minimum atomic E-state index is -1.57. The van der Waals surface area contributed by atoms with Crippen molar-refractivity contribution in [2.75, 3.05) is 11.9 Å². The predicted octanol–water partition coefficient (Wildman–Crippen LogP) is 2.47. The Morgan fingerprint density at radius 1 is 1.29 bits per heavy atom. The van der Waals surface area contributed by atoms with Gasteiger partial charge in [0.15, 0.2) is 17.5 Å². The molecule has 1 N–H and O–H groups in total. The number of anilines is 1. The highest BCUT2D eigenvalue weighted by atomic mass is 19.2. The summed E-state index contributed by atoms with van der Waals surface area (Å²) >= 11 is 0. The summed E-state index contributed by atoms with van der Waals surface area (Å²) in [5.74, 6) is -4.85. The minimum Gasteiger partial charge on any atom is -0.369 e. The van der Waals surface area contributed by atoms with Crippen LogP contribution in [0.1, 0.15) is 13.8 Å². The van der Waals surface area contributed by atoms with Crippen LogP contribution in [0.2, 0.25) is 0 Å². The number of carbonyl (C=O) groups excluding carboxylic acids is 1. The quantitative estimate of drug-likeness (QED) is 0.830. The van der Waals surface area contributed by atoms with Gasteiger partial charge < -0.3 is 10.1 Å². The summed E-state index contributed by atoms with van der Waals surface area (Å²) in [4.78, 5) is 11.2. The van der Waals surface area contributed by atoms with Crippen LogP contribution in [0.3, 0.4) is 0 Å². The summed E-state index contributed by atoms with van der Waals surface area (Å²) in [5.41, 5.74) is -0.154. The van der Waals surface area contributed by atoms with E-state index >= 15 is 0 Å². The minimum absolute atomic E-state index is 0.137. The molecule has 0 aliphatic rings. The van der Waals surface area contributed by atoms with E-state index in [1.807, 2.05) is 0 Å². The molecule has 94 valence electrons. The molecule has 1 aromatic carbocycles. The van der Waals surface area contributed by atoms with Crippen molar-refractivity contribution in [1.82, 2.24) is 0 Å². The Hall–Kier alpha value is -1.56. The van der Waals surface area contributed by atoms with Crippen LogP contribution < -0.4 is 5.32 Å². The van der Waals surface area contributed by atoms with Crippen LogP contribution in [0.25, 0.3) is 0 Å². The maximum absolute atomic E-state index is 12.8. The number of carbonyl (C=O) groups is 1. The number of hydrogen-bond acceptors (Lipinski definition) is 2. The van der Waals surface area contributed by atoms with Crippen LogP contribution in [-0.2, 0) is 9.53 Å². The van der Waals surface area contributed by atoms with E-state index in [9.17, 15) is 18.0 Å². The third-order valence-corrected chi connectivity index (χ3v) is 1.82. The fraction of sp³-hybridized carbons (Fsp3) is 0.364. The number of ether oxygens (including phenoxy) is 1. The third-order valence-electron chi connectivity index (χ3n) is 1.82. The molecule has 0 heterocycles. The van der Waals surface area contributed by atoms with Gasteiger partial charge in [0.05, 0.1) is 6.10 Å². The molecule has 3 nitrogen and oxygen atoms in total. The van der Waals surface area contributed by atoms with Crippen LogP contribution in [-0.4, -0.2) is 18.6 Å². The summed E-state index contributed by atoms with van der Waals surface area (Å²) in [6, 6.07) is 1.40. The lowest BCUT2D eigenvalue weighted by Crippen LogP contribution is -2.20. The molecule has 0 aliphatic carbocycles. The summed E-state index contributed by atoms with van der Waals surface area (Å²) < 4.78 is 43.2. The van der Waals surface area contributed by atoms with Crippen molar-refractivity contribution in [3.05, 3.63) is 29.6 Å². The Morgan fingerprint density at radius 3 is 2.29 bits per heavy atom. The molecule has 17 heavy (non-hydrogen) atoms. The standard InChI is InChI=1S/C11H12F3NO2/c1-6(2)17-5-10(16)15-7-3-8(12)11(14)9(13)4-7/h3-4,6H,5H2,1-2H3,(H,15,16). The normalized spacial score (nSPS) is 10.7. The summed E-state index contributed by atoms with van der Waals surface area (Å²) in [6.45, 7) is 3.24. The van der Waals surface area contributed by atoms with E-state index in [-0.39, 0.29) is 18.4 Å². The molecule has 6 heteroatoms. The number of rotatable bonds is 4. The number of halogens is 3. The van der Waals surface area contributed by atoms with E-state index in [2.05, 4.69) is 5.32 Å². The van der Waals surface area contributed by atoms with E-state index in [4.69, 9.17) is 4.74 Å². The maximum atomic E-state index is 12.8. The van der Waals surface area contributed by atoms with Gasteiger partial charge >= 0.3 is 0 Å². The molecule has 0 saturated carbocycles. The van der Waals surface area contributed by atoms with Crippen LogP contribution in [0, 0.1) is 17.5 Å². The largest absolute Gasteiger partial charge is 0.369 e. The van der Waals surface area contributed by atoms with Gasteiger partial charge in [0.2, 0.25) is 5.91 Å². The molecule has 1 amide bonds. The summed E-state index contributed by atoms with van der Waals surface area (Å²) in [7, 11) is 0. The second-order valence-corrected chi connectivity index (χ2v) is 3.66. The van der Waals surface area contributed by atoms with Gasteiger partial charge in [-0.1, -0.05) is 0 Å². The van der Waals surface area contributed by atoms with Crippen molar-refractivity contribution in [2.24, 2.45) is 0 Å². The smallest absolute Gasteiger partial charge is 0.250 e. The molecule has 0 fully saturated rings. The molecule has 0 aliphatic heterocycles. The lowest BCUT2D eigenvalue weighted by Gasteiger charge is -2.08. The zero-order valence-electron chi connectivity index (χ0n) is 9.39. The lowest BCUT2D eigenvalue weighted by atomic mass is 10.3. The van der Waals surface area contributed by atoms with Gasteiger partial charge in [-0.15, -0.1) is 0 Å². The van der Waals surface area contributed by atoms with Crippen molar-refractivity contribution in [3.63, 3.8) is 0 Å². The molecule has 0 aromatic heterocycles. The Kier molecular flexibility index (Phi) is 4.51. The zero-order chi connectivity index (χ0) is 13.0. The summed E-state index contributed by atoms with van der Waals surface area (Å²) in [5, 5.41) is 2.20. The van der Waals surface area contributed by atoms with Crippen molar-refractivity contribution < 1.29 is 22.7 Å². The van der Waals surface area contributed by atoms with E-state index in [1.165, 1.54) is 0 Å². The fourth-order valence-electron chi connectivity index (χ4n) is 1.07. The van der Waals surface area contributed by atoms with Crippen LogP contribution >= 0.6 is 0 Å². The molecule has 1 rings (SSSR count). The van der Waals surface area contributed by atoms with E-state index in [0.717, 1.165) is 0 Å². The Morgan fingerprint density at radius 2 is 1.82 bits per heavy atom. The molecule has 0 spiro atoms. The molecule has 0 bridgehead atoms.